The van der Waals surface area contributed by atoms with Crippen molar-refractivity contribution in [3.8, 4) is 11.5 Å². The molecule has 1 atom stereocenters. The number of benzene rings is 2. The maximum atomic E-state index is 12.2. The third kappa shape index (κ3) is 2.30. The molecule has 0 aliphatic carbocycles. The minimum atomic E-state index is -0.546. The Balaban J connectivity index is 1.41. The van der Waals surface area contributed by atoms with Gasteiger partial charge in [-0.25, -0.2) is 4.79 Å². The van der Waals surface area contributed by atoms with E-state index in [9.17, 15) is 4.79 Å². The number of hydrogen-bond donors (Lipinski definition) is 0. The van der Waals surface area contributed by atoms with Gasteiger partial charge in [-0.3, -0.25) is 0 Å². The van der Waals surface area contributed by atoms with Gasteiger partial charge in [-0.2, -0.15) is 0 Å². The van der Waals surface area contributed by atoms with E-state index < -0.39 is 6.10 Å². The van der Waals surface area contributed by atoms with Crippen LogP contribution in [0.15, 0.2) is 42.5 Å². The zero-order valence-electron chi connectivity index (χ0n) is 12.1. The lowest BCUT2D eigenvalue weighted by atomic mass is 10.1. The Morgan fingerprint density at radius 3 is 2.91 bits per heavy atom. The second-order valence-corrected chi connectivity index (χ2v) is 5.53. The van der Waals surface area contributed by atoms with Crippen LogP contribution in [-0.2, 0) is 29.0 Å². The highest BCUT2D eigenvalue weighted by Gasteiger charge is 2.30. The molecule has 2 aromatic carbocycles. The van der Waals surface area contributed by atoms with Crippen LogP contribution in [0.1, 0.15) is 16.7 Å². The molecule has 2 aliphatic heterocycles. The van der Waals surface area contributed by atoms with Crippen LogP contribution >= 0.6 is 0 Å². The average molecular weight is 296 g/mol. The van der Waals surface area contributed by atoms with Gasteiger partial charge in [-0.05, 0) is 17.2 Å². The van der Waals surface area contributed by atoms with E-state index in [-0.39, 0.29) is 12.6 Å². The van der Waals surface area contributed by atoms with E-state index in [0.717, 1.165) is 29.0 Å². The Morgan fingerprint density at radius 1 is 1.14 bits per heavy atom. The molecular weight excluding hydrogens is 280 g/mol. The maximum Gasteiger partial charge on any atom is 0.348 e. The molecule has 0 N–H and O–H groups in total. The molecule has 2 heterocycles. The van der Waals surface area contributed by atoms with Gasteiger partial charge < -0.3 is 14.2 Å². The fourth-order valence-corrected chi connectivity index (χ4v) is 2.95. The molecular formula is C18H16O4. The molecule has 0 saturated carbocycles. The molecule has 22 heavy (non-hydrogen) atoms. The van der Waals surface area contributed by atoms with Crippen LogP contribution in [0.2, 0.25) is 0 Å². The van der Waals surface area contributed by atoms with Gasteiger partial charge in [0, 0.05) is 18.4 Å². The van der Waals surface area contributed by atoms with Crippen molar-refractivity contribution in [1.29, 1.82) is 0 Å². The lowest BCUT2D eigenvalue weighted by molar-refractivity contribution is -0.152. The largest absolute Gasteiger partial charge is 0.493 e. The van der Waals surface area contributed by atoms with Crippen LogP contribution in [0, 0.1) is 0 Å². The van der Waals surface area contributed by atoms with Crippen molar-refractivity contribution in [2.24, 2.45) is 0 Å². The van der Waals surface area contributed by atoms with Gasteiger partial charge in [0.25, 0.3) is 0 Å². The van der Waals surface area contributed by atoms with Crippen molar-refractivity contribution in [3.63, 3.8) is 0 Å². The number of rotatable bonds is 3. The molecule has 0 aromatic heterocycles. The standard InChI is InChI=1S/C18H16O4/c19-18(16-10-13-4-1-2-7-15(13)22-16)21-11-14-6-3-5-12-8-9-20-17(12)14/h1-7,16H,8-11H2. The predicted molar refractivity (Wildman–Crippen MR) is 80.0 cm³/mol. The highest BCUT2D eigenvalue weighted by Crippen LogP contribution is 2.31. The molecule has 2 aliphatic rings. The monoisotopic (exact) mass is 296 g/mol. The van der Waals surface area contributed by atoms with E-state index in [1.807, 2.05) is 42.5 Å². The van der Waals surface area contributed by atoms with Crippen LogP contribution in [-0.4, -0.2) is 18.7 Å². The summed E-state index contributed by atoms with van der Waals surface area (Å²) in [5, 5.41) is 0. The molecule has 4 nitrogen and oxygen atoms in total. The first-order valence-corrected chi connectivity index (χ1v) is 7.46. The van der Waals surface area contributed by atoms with Crippen LogP contribution in [0.4, 0.5) is 0 Å². The normalized spacial score (nSPS) is 18.1. The number of hydrogen-bond acceptors (Lipinski definition) is 4. The van der Waals surface area contributed by atoms with Gasteiger partial charge in [0.2, 0.25) is 0 Å². The van der Waals surface area contributed by atoms with Crippen molar-refractivity contribution in [3.05, 3.63) is 59.2 Å². The maximum absolute atomic E-state index is 12.2. The second kappa shape index (κ2) is 5.37. The lowest BCUT2D eigenvalue weighted by Crippen LogP contribution is -2.27. The molecule has 0 fully saturated rings. The van der Waals surface area contributed by atoms with Crippen molar-refractivity contribution < 1.29 is 19.0 Å². The van der Waals surface area contributed by atoms with Crippen LogP contribution < -0.4 is 9.47 Å². The van der Waals surface area contributed by atoms with Gasteiger partial charge in [0.05, 0.1) is 6.61 Å². The van der Waals surface area contributed by atoms with E-state index in [1.54, 1.807) is 0 Å². The second-order valence-electron chi connectivity index (χ2n) is 5.53. The average Bonchev–Trinajstić information content (AvgIpc) is 3.18. The van der Waals surface area contributed by atoms with Gasteiger partial charge in [-0.1, -0.05) is 36.4 Å². The van der Waals surface area contributed by atoms with E-state index >= 15 is 0 Å². The van der Waals surface area contributed by atoms with Crippen molar-refractivity contribution in [1.82, 2.24) is 0 Å². The molecule has 0 amide bonds. The summed E-state index contributed by atoms with van der Waals surface area (Å²) >= 11 is 0. The number of para-hydroxylation sites is 2. The highest BCUT2D eigenvalue weighted by molar-refractivity contribution is 5.77. The van der Waals surface area contributed by atoms with Gasteiger partial charge in [0.15, 0.2) is 6.10 Å². The summed E-state index contributed by atoms with van der Waals surface area (Å²) in [6.07, 6.45) is 0.936. The highest BCUT2D eigenvalue weighted by atomic mass is 16.6. The zero-order chi connectivity index (χ0) is 14.9. The molecule has 0 saturated heterocycles. The van der Waals surface area contributed by atoms with E-state index in [4.69, 9.17) is 14.2 Å². The predicted octanol–water partition coefficient (Wildman–Crippen LogP) is 2.67. The third-order valence-electron chi connectivity index (χ3n) is 4.08. The van der Waals surface area contributed by atoms with Crippen LogP contribution in [0.5, 0.6) is 11.5 Å². The number of carbonyl (C=O) groups is 1. The van der Waals surface area contributed by atoms with E-state index in [1.165, 1.54) is 5.56 Å². The Kier molecular flexibility index (Phi) is 3.22. The van der Waals surface area contributed by atoms with Gasteiger partial charge in [0.1, 0.15) is 18.1 Å². The fourth-order valence-electron chi connectivity index (χ4n) is 2.95. The molecule has 0 bridgehead atoms. The number of carbonyl (C=O) groups excluding carboxylic acids is 1. The SMILES string of the molecule is O=C(OCc1cccc2c1OCC2)C1Cc2ccccc2O1. The van der Waals surface area contributed by atoms with Crippen molar-refractivity contribution in [2.75, 3.05) is 6.61 Å². The first kappa shape index (κ1) is 13.2. The third-order valence-corrected chi connectivity index (χ3v) is 4.08. The summed E-state index contributed by atoms with van der Waals surface area (Å²) in [6.45, 7) is 0.916. The number of esters is 1. The van der Waals surface area contributed by atoms with E-state index in [0.29, 0.717) is 13.0 Å². The van der Waals surface area contributed by atoms with Crippen LogP contribution in [0.3, 0.4) is 0 Å². The quantitative estimate of drug-likeness (QED) is 0.817. The Hall–Kier alpha value is -2.49. The summed E-state index contributed by atoms with van der Waals surface area (Å²) in [6, 6.07) is 13.6. The summed E-state index contributed by atoms with van der Waals surface area (Å²) in [5.74, 6) is 1.31. The first-order chi connectivity index (χ1) is 10.8. The molecule has 1 unspecified atom stereocenters. The summed E-state index contributed by atoms with van der Waals surface area (Å²) < 4.78 is 16.7. The topological polar surface area (TPSA) is 44.8 Å². The molecule has 4 rings (SSSR count). The molecule has 2 aromatic rings. The van der Waals surface area contributed by atoms with Crippen molar-refractivity contribution in [2.45, 2.75) is 25.6 Å². The summed E-state index contributed by atoms with van der Waals surface area (Å²) in [5.41, 5.74) is 3.14. The molecule has 112 valence electrons. The van der Waals surface area contributed by atoms with Gasteiger partial charge in [-0.15, -0.1) is 0 Å². The molecule has 0 radical (unpaired) electrons. The summed E-state index contributed by atoms with van der Waals surface area (Å²) in [4.78, 5) is 12.2. The zero-order valence-corrected chi connectivity index (χ0v) is 12.1. The van der Waals surface area contributed by atoms with Crippen molar-refractivity contribution >= 4 is 5.97 Å². The minimum Gasteiger partial charge on any atom is -0.493 e. The Morgan fingerprint density at radius 2 is 2.00 bits per heavy atom. The fraction of sp³-hybridized carbons (Fsp3) is 0.278. The molecule has 4 heteroatoms. The lowest BCUT2D eigenvalue weighted by Gasteiger charge is -2.12. The van der Waals surface area contributed by atoms with Crippen LogP contribution in [0.25, 0.3) is 0 Å². The summed E-state index contributed by atoms with van der Waals surface area (Å²) in [7, 11) is 0. The number of fused-ring (bicyclic) bond motifs is 2. The number of ether oxygens (including phenoxy) is 3. The van der Waals surface area contributed by atoms with E-state index in [2.05, 4.69) is 0 Å². The smallest absolute Gasteiger partial charge is 0.348 e. The van der Waals surface area contributed by atoms with Gasteiger partial charge >= 0.3 is 5.97 Å². The molecule has 0 spiro atoms. The first-order valence-electron chi connectivity index (χ1n) is 7.46. The minimum absolute atomic E-state index is 0.220. The Labute approximate surface area is 128 Å². The Bertz CT molecular complexity index is 698.